The first-order chi connectivity index (χ1) is 12.5. The van der Waals surface area contributed by atoms with Crippen LogP contribution in [-0.2, 0) is 5.41 Å². The Morgan fingerprint density at radius 2 is 2.08 bits per heavy atom. The van der Waals surface area contributed by atoms with Crippen molar-refractivity contribution in [3.63, 3.8) is 0 Å². The molecule has 0 amide bonds. The second-order valence-electron chi connectivity index (χ2n) is 6.53. The van der Waals surface area contributed by atoms with E-state index in [1.54, 1.807) is 30.3 Å². The zero-order valence-corrected chi connectivity index (χ0v) is 15.1. The predicted molar refractivity (Wildman–Crippen MR) is 104 cm³/mol. The molecule has 0 bridgehead atoms. The third kappa shape index (κ3) is 3.40. The van der Waals surface area contributed by atoms with Crippen LogP contribution < -0.4 is 11.1 Å². The van der Waals surface area contributed by atoms with Gasteiger partial charge in [-0.1, -0.05) is 48.0 Å². The number of aliphatic hydroxyl groups is 1. The normalized spacial score (nSPS) is 20.4. The molecule has 136 valence electrons. The molecule has 0 radical (unpaired) electrons. The van der Waals surface area contributed by atoms with E-state index in [1.807, 2.05) is 12.1 Å². The van der Waals surface area contributed by atoms with Gasteiger partial charge in [-0.15, -0.1) is 6.58 Å². The Hall–Kier alpha value is -2.14. The van der Waals surface area contributed by atoms with Gasteiger partial charge in [0.15, 0.2) is 0 Å². The third-order valence-corrected chi connectivity index (χ3v) is 5.09. The molecule has 0 fully saturated rings. The quantitative estimate of drug-likeness (QED) is 0.675. The van der Waals surface area contributed by atoms with Gasteiger partial charge in [-0.2, -0.15) is 0 Å². The largest absolute Gasteiger partial charge is 0.387 e. The highest BCUT2D eigenvalue weighted by Gasteiger charge is 2.36. The van der Waals surface area contributed by atoms with Gasteiger partial charge in [0, 0.05) is 41.2 Å². The van der Waals surface area contributed by atoms with E-state index in [-0.39, 0.29) is 5.56 Å². The summed E-state index contributed by atoms with van der Waals surface area (Å²) < 4.78 is 14.2. The maximum atomic E-state index is 14.2. The van der Waals surface area contributed by atoms with Gasteiger partial charge in [-0.05, 0) is 29.3 Å². The van der Waals surface area contributed by atoms with Crippen molar-refractivity contribution in [2.75, 3.05) is 13.1 Å². The Bertz CT molecular complexity index is 852. The topological polar surface area (TPSA) is 58.3 Å². The Morgan fingerprint density at radius 1 is 1.31 bits per heavy atom. The summed E-state index contributed by atoms with van der Waals surface area (Å²) >= 11 is 6.18. The first-order valence-corrected chi connectivity index (χ1v) is 8.87. The fraction of sp³-hybridized carbons (Fsp3) is 0.238. The number of halogens is 2. The number of nitrogens with two attached hydrogens (primary N) is 1. The molecule has 5 heteroatoms. The second-order valence-corrected chi connectivity index (χ2v) is 6.97. The summed E-state index contributed by atoms with van der Waals surface area (Å²) in [6.07, 6.45) is 3.48. The van der Waals surface area contributed by atoms with Gasteiger partial charge in [0.05, 0.1) is 0 Å². The second kappa shape index (κ2) is 7.62. The Kier molecular flexibility index (Phi) is 5.47. The summed E-state index contributed by atoms with van der Waals surface area (Å²) in [5.74, 6) is -0.458. The number of rotatable bonds is 6. The van der Waals surface area contributed by atoms with Crippen molar-refractivity contribution in [3.8, 4) is 0 Å². The van der Waals surface area contributed by atoms with Crippen LogP contribution in [-0.4, -0.2) is 18.2 Å². The molecule has 2 unspecified atom stereocenters. The monoisotopic (exact) mass is 372 g/mol. The lowest BCUT2D eigenvalue weighted by atomic mass is 9.77. The lowest BCUT2D eigenvalue weighted by molar-refractivity contribution is 0.212. The molecule has 1 aliphatic rings. The van der Waals surface area contributed by atoms with Crippen LogP contribution in [0.2, 0.25) is 5.02 Å². The summed E-state index contributed by atoms with van der Waals surface area (Å²) in [5.41, 5.74) is 8.29. The summed E-state index contributed by atoms with van der Waals surface area (Å²) in [5, 5.41) is 14.8. The number of allylic oxidation sites excluding steroid dienone is 1. The van der Waals surface area contributed by atoms with Crippen molar-refractivity contribution in [2.45, 2.75) is 17.9 Å². The summed E-state index contributed by atoms with van der Waals surface area (Å²) in [6.45, 7) is 4.72. The summed E-state index contributed by atoms with van der Waals surface area (Å²) in [7, 11) is 0. The van der Waals surface area contributed by atoms with E-state index in [0.717, 1.165) is 11.3 Å². The van der Waals surface area contributed by atoms with Crippen LogP contribution in [0.25, 0.3) is 0 Å². The van der Waals surface area contributed by atoms with E-state index in [2.05, 4.69) is 18.0 Å². The van der Waals surface area contributed by atoms with Gasteiger partial charge in [0.1, 0.15) is 11.9 Å². The van der Waals surface area contributed by atoms with E-state index in [4.69, 9.17) is 17.3 Å². The molecule has 0 aliphatic carbocycles. The third-order valence-electron chi connectivity index (χ3n) is 4.85. The SMILES string of the molecule is C=CCC1=CC(CN)(c2ccc(Cl)cc2C(O)c2ccccc2F)CN1. The van der Waals surface area contributed by atoms with E-state index in [1.165, 1.54) is 6.07 Å². The number of aliphatic hydroxyl groups excluding tert-OH is 1. The van der Waals surface area contributed by atoms with Crippen LogP contribution in [0.4, 0.5) is 4.39 Å². The van der Waals surface area contributed by atoms with E-state index in [0.29, 0.717) is 30.1 Å². The molecular weight excluding hydrogens is 351 g/mol. The molecule has 2 aromatic carbocycles. The van der Waals surface area contributed by atoms with Gasteiger partial charge >= 0.3 is 0 Å². The van der Waals surface area contributed by atoms with Crippen molar-refractivity contribution in [3.05, 3.63) is 94.4 Å². The van der Waals surface area contributed by atoms with E-state index < -0.39 is 17.3 Å². The van der Waals surface area contributed by atoms with Crippen molar-refractivity contribution >= 4 is 11.6 Å². The zero-order chi connectivity index (χ0) is 18.7. The molecule has 0 saturated carbocycles. The van der Waals surface area contributed by atoms with Gasteiger partial charge in [-0.25, -0.2) is 4.39 Å². The maximum absolute atomic E-state index is 14.2. The molecule has 3 rings (SSSR count). The van der Waals surface area contributed by atoms with Crippen LogP contribution in [0.1, 0.15) is 29.2 Å². The molecule has 3 nitrogen and oxygen atoms in total. The van der Waals surface area contributed by atoms with Crippen LogP contribution in [0.15, 0.2) is 66.9 Å². The molecule has 0 spiro atoms. The fourth-order valence-electron chi connectivity index (χ4n) is 3.49. The van der Waals surface area contributed by atoms with Gasteiger partial charge < -0.3 is 16.2 Å². The van der Waals surface area contributed by atoms with Crippen molar-refractivity contribution in [1.82, 2.24) is 5.32 Å². The number of hydrogen-bond acceptors (Lipinski definition) is 3. The minimum atomic E-state index is -1.13. The lowest BCUT2D eigenvalue weighted by Gasteiger charge is -2.30. The molecule has 26 heavy (non-hydrogen) atoms. The Balaban J connectivity index is 2.12. The van der Waals surface area contributed by atoms with Crippen LogP contribution in [0.5, 0.6) is 0 Å². The minimum Gasteiger partial charge on any atom is -0.387 e. The van der Waals surface area contributed by atoms with Crippen molar-refractivity contribution in [2.24, 2.45) is 5.73 Å². The van der Waals surface area contributed by atoms with Crippen LogP contribution in [0, 0.1) is 5.82 Å². The fourth-order valence-corrected chi connectivity index (χ4v) is 3.67. The highest BCUT2D eigenvalue weighted by atomic mass is 35.5. The standard InChI is InChI=1S/C21H22ClFN2O/c1-2-5-15-11-21(12-24,13-25-15)18-9-8-14(22)10-17(18)20(26)16-6-3-4-7-19(16)23/h2-4,6-11,20,25-26H,1,5,12-13,24H2. The number of hydrogen-bond donors (Lipinski definition) is 3. The van der Waals surface area contributed by atoms with Crippen molar-refractivity contribution < 1.29 is 9.50 Å². The highest BCUT2D eigenvalue weighted by molar-refractivity contribution is 6.30. The van der Waals surface area contributed by atoms with Crippen LogP contribution in [0.3, 0.4) is 0 Å². The van der Waals surface area contributed by atoms with Gasteiger partial charge in [0.2, 0.25) is 0 Å². The molecule has 0 aromatic heterocycles. The highest BCUT2D eigenvalue weighted by Crippen LogP contribution is 2.38. The molecule has 1 aliphatic heterocycles. The van der Waals surface area contributed by atoms with Crippen molar-refractivity contribution in [1.29, 1.82) is 0 Å². The minimum absolute atomic E-state index is 0.212. The van der Waals surface area contributed by atoms with Gasteiger partial charge in [0.25, 0.3) is 0 Å². The first kappa shape index (κ1) is 18.6. The summed E-state index contributed by atoms with van der Waals surface area (Å²) in [4.78, 5) is 0. The predicted octanol–water partition coefficient (Wildman–Crippen LogP) is 3.82. The molecule has 4 N–H and O–H groups in total. The van der Waals surface area contributed by atoms with Gasteiger partial charge in [-0.3, -0.25) is 0 Å². The lowest BCUT2D eigenvalue weighted by Crippen LogP contribution is -2.38. The smallest absolute Gasteiger partial charge is 0.129 e. The Labute approximate surface area is 158 Å². The van der Waals surface area contributed by atoms with E-state index in [9.17, 15) is 9.50 Å². The molecule has 0 saturated heterocycles. The average Bonchev–Trinajstić information content (AvgIpc) is 3.06. The summed E-state index contributed by atoms with van der Waals surface area (Å²) in [6, 6.07) is 11.5. The average molecular weight is 373 g/mol. The Morgan fingerprint density at radius 3 is 2.77 bits per heavy atom. The molecular formula is C21H22ClFN2O. The molecule has 2 atom stereocenters. The number of benzene rings is 2. The number of nitrogens with one attached hydrogen (secondary N) is 1. The zero-order valence-electron chi connectivity index (χ0n) is 14.4. The van der Waals surface area contributed by atoms with E-state index >= 15 is 0 Å². The maximum Gasteiger partial charge on any atom is 0.129 e. The molecule has 2 aromatic rings. The van der Waals surface area contributed by atoms with Crippen LogP contribution >= 0.6 is 11.6 Å². The molecule has 1 heterocycles. The first-order valence-electron chi connectivity index (χ1n) is 8.50.